The van der Waals surface area contributed by atoms with Crippen molar-refractivity contribution in [1.82, 2.24) is 14.7 Å². The van der Waals surface area contributed by atoms with Crippen LogP contribution in [-0.2, 0) is 9.53 Å². The Kier molecular flexibility index (Phi) is 6.89. The number of ether oxygens (including phenoxy) is 1. The highest BCUT2D eigenvalue weighted by atomic mass is 16.5. The van der Waals surface area contributed by atoms with Gasteiger partial charge in [-0.3, -0.25) is 24.1 Å². The largest absolute Gasteiger partial charge is 0.385 e. The minimum absolute atomic E-state index is 0.137. The predicted octanol–water partition coefficient (Wildman–Crippen LogP) is 2.18. The summed E-state index contributed by atoms with van der Waals surface area (Å²) in [6, 6.07) is 4.72. The van der Waals surface area contributed by atoms with Crippen LogP contribution >= 0.6 is 0 Å². The third-order valence-electron chi connectivity index (χ3n) is 6.78. The highest BCUT2D eigenvalue weighted by Crippen LogP contribution is 2.27. The maximum absolute atomic E-state index is 13.1. The maximum atomic E-state index is 13.1. The van der Waals surface area contributed by atoms with E-state index in [1.54, 1.807) is 24.1 Å². The third kappa shape index (κ3) is 4.41. The van der Waals surface area contributed by atoms with Crippen LogP contribution in [0.4, 0.5) is 0 Å². The molecular weight excluding hydrogens is 410 g/mol. The fraction of sp³-hybridized carbons (Fsp3) is 0.583. The summed E-state index contributed by atoms with van der Waals surface area (Å²) in [6.07, 6.45) is 5.98. The molecule has 0 spiro atoms. The number of nitrogens with zero attached hydrogens (tertiary/aromatic N) is 3. The minimum atomic E-state index is -0.362. The zero-order valence-corrected chi connectivity index (χ0v) is 18.7. The molecular formula is C24H31N3O5. The van der Waals surface area contributed by atoms with Gasteiger partial charge in [0, 0.05) is 57.9 Å². The molecule has 1 saturated heterocycles. The van der Waals surface area contributed by atoms with Crippen molar-refractivity contribution in [1.29, 1.82) is 0 Å². The first kappa shape index (κ1) is 22.5. The summed E-state index contributed by atoms with van der Waals surface area (Å²) < 4.78 is 5.00. The normalized spacial score (nSPS) is 19.5. The Morgan fingerprint density at radius 3 is 2.28 bits per heavy atom. The highest BCUT2D eigenvalue weighted by Gasteiger charge is 2.36. The Hall–Kier alpha value is -2.74. The van der Waals surface area contributed by atoms with Crippen LogP contribution in [0.5, 0.6) is 0 Å². The summed E-state index contributed by atoms with van der Waals surface area (Å²) in [7, 11) is 1.58. The van der Waals surface area contributed by atoms with Crippen molar-refractivity contribution in [3.8, 4) is 0 Å². The van der Waals surface area contributed by atoms with Gasteiger partial charge in [-0.2, -0.15) is 0 Å². The molecule has 3 aliphatic rings. The fourth-order valence-electron chi connectivity index (χ4n) is 4.91. The third-order valence-corrected chi connectivity index (χ3v) is 6.78. The minimum Gasteiger partial charge on any atom is -0.385 e. The number of carbonyl (C=O) groups is 4. The van der Waals surface area contributed by atoms with Gasteiger partial charge in [0.1, 0.15) is 0 Å². The maximum Gasteiger partial charge on any atom is 0.261 e. The van der Waals surface area contributed by atoms with E-state index in [0.29, 0.717) is 56.9 Å². The molecule has 1 saturated carbocycles. The molecule has 0 atom stereocenters. The average molecular weight is 442 g/mol. The van der Waals surface area contributed by atoms with E-state index in [0.717, 1.165) is 25.7 Å². The Morgan fingerprint density at radius 1 is 0.938 bits per heavy atom. The number of benzene rings is 1. The van der Waals surface area contributed by atoms with Crippen molar-refractivity contribution in [3.05, 3.63) is 34.9 Å². The molecule has 0 unspecified atom stereocenters. The quantitative estimate of drug-likeness (QED) is 0.499. The molecule has 1 aliphatic carbocycles. The summed E-state index contributed by atoms with van der Waals surface area (Å²) in [5, 5.41) is 0. The molecule has 0 aromatic heterocycles. The number of hydrogen-bond acceptors (Lipinski definition) is 5. The lowest BCUT2D eigenvalue weighted by atomic mass is 9.88. The number of carbonyl (C=O) groups excluding carboxylic acids is 4. The van der Waals surface area contributed by atoms with Gasteiger partial charge in [0.2, 0.25) is 5.91 Å². The van der Waals surface area contributed by atoms with E-state index < -0.39 is 0 Å². The van der Waals surface area contributed by atoms with E-state index in [4.69, 9.17) is 4.74 Å². The second-order valence-electron chi connectivity index (χ2n) is 8.82. The van der Waals surface area contributed by atoms with Crippen LogP contribution in [0.1, 0.15) is 69.6 Å². The monoisotopic (exact) mass is 441 g/mol. The Morgan fingerprint density at radius 2 is 1.59 bits per heavy atom. The lowest BCUT2D eigenvalue weighted by molar-refractivity contribution is -0.138. The summed E-state index contributed by atoms with van der Waals surface area (Å²) >= 11 is 0. The van der Waals surface area contributed by atoms with Gasteiger partial charge in [-0.05, 0) is 37.5 Å². The number of methoxy groups -OCH3 is 1. The molecule has 8 nitrogen and oxygen atoms in total. The average Bonchev–Trinajstić information content (AvgIpc) is 3.08. The van der Waals surface area contributed by atoms with Crippen LogP contribution < -0.4 is 0 Å². The number of fused-ring (bicyclic) bond motifs is 1. The summed E-state index contributed by atoms with van der Waals surface area (Å²) in [5.41, 5.74) is 1.02. The number of piperazine rings is 1. The van der Waals surface area contributed by atoms with Gasteiger partial charge in [-0.1, -0.05) is 19.3 Å². The van der Waals surface area contributed by atoms with Crippen molar-refractivity contribution < 1.29 is 23.9 Å². The first-order valence-corrected chi connectivity index (χ1v) is 11.6. The zero-order chi connectivity index (χ0) is 22.7. The van der Waals surface area contributed by atoms with Gasteiger partial charge >= 0.3 is 0 Å². The molecule has 1 aromatic carbocycles. The number of rotatable bonds is 6. The molecule has 2 fully saturated rings. The van der Waals surface area contributed by atoms with Gasteiger partial charge in [-0.25, -0.2) is 0 Å². The molecule has 0 radical (unpaired) electrons. The summed E-state index contributed by atoms with van der Waals surface area (Å²) in [6.45, 7) is 2.79. The molecule has 4 amide bonds. The summed E-state index contributed by atoms with van der Waals surface area (Å²) in [4.78, 5) is 55.9. The van der Waals surface area contributed by atoms with Crippen molar-refractivity contribution in [2.75, 3.05) is 46.4 Å². The molecule has 32 heavy (non-hydrogen) atoms. The second kappa shape index (κ2) is 9.81. The number of imide groups is 1. The van der Waals surface area contributed by atoms with E-state index in [1.165, 1.54) is 17.4 Å². The van der Waals surface area contributed by atoms with Crippen LogP contribution in [0.25, 0.3) is 0 Å². The van der Waals surface area contributed by atoms with Gasteiger partial charge < -0.3 is 14.5 Å². The van der Waals surface area contributed by atoms with E-state index >= 15 is 0 Å². The molecule has 0 bridgehead atoms. The van der Waals surface area contributed by atoms with Crippen LogP contribution in [0.2, 0.25) is 0 Å². The number of hydrogen-bond donors (Lipinski definition) is 0. The van der Waals surface area contributed by atoms with E-state index in [9.17, 15) is 19.2 Å². The van der Waals surface area contributed by atoms with Gasteiger partial charge in [0.15, 0.2) is 0 Å². The van der Waals surface area contributed by atoms with E-state index in [1.807, 2.05) is 4.90 Å². The van der Waals surface area contributed by atoms with Crippen LogP contribution in [0, 0.1) is 5.92 Å². The van der Waals surface area contributed by atoms with Crippen molar-refractivity contribution in [2.45, 2.75) is 38.5 Å². The Balaban J connectivity index is 1.37. The lowest BCUT2D eigenvalue weighted by Crippen LogP contribution is -2.52. The van der Waals surface area contributed by atoms with Gasteiger partial charge in [0.25, 0.3) is 17.7 Å². The lowest BCUT2D eigenvalue weighted by Gasteiger charge is -2.37. The van der Waals surface area contributed by atoms with Crippen molar-refractivity contribution >= 4 is 23.6 Å². The van der Waals surface area contributed by atoms with E-state index in [-0.39, 0.29) is 35.1 Å². The molecule has 4 rings (SSSR count). The summed E-state index contributed by atoms with van der Waals surface area (Å²) in [5.74, 6) is -0.491. The molecule has 0 N–H and O–H groups in total. The van der Waals surface area contributed by atoms with Crippen LogP contribution in [0.3, 0.4) is 0 Å². The van der Waals surface area contributed by atoms with Crippen molar-refractivity contribution in [3.63, 3.8) is 0 Å². The Bertz CT molecular complexity index is 901. The predicted molar refractivity (Wildman–Crippen MR) is 117 cm³/mol. The topological polar surface area (TPSA) is 87.2 Å². The molecule has 172 valence electrons. The smallest absolute Gasteiger partial charge is 0.261 e. The highest BCUT2D eigenvalue weighted by molar-refractivity contribution is 6.22. The first-order valence-electron chi connectivity index (χ1n) is 11.6. The van der Waals surface area contributed by atoms with Crippen LogP contribution in [0.15, 0.2) is 18.2 Å². The van der Waals surface area contributed by atoms with E-state index in [2.05, 4.69) is 0 Å². The first-order chi connectivity index (χ1) is 15.5. The standard InChI is InChI=1S/C24H31N3O5/c1-32-15-5-10-27-23(30)19-9-8-18(16-20(19)24(27)31)22(29)26-13-11-25(12-14-26)21(28)17-6-3-2-4-7-17/h8-9,16-17H,2-7,10-15H2,1H3. The fourth-order valence-corrected chi connectivity index (χ4v) is 4.91. The zero-order valence-electron chi connectivity index (χ0n) is 18.7. The van der Waals surface area contributed by atoms with Crippen LogP contribution in [-0.4, -0.2) is 84.8 Å². The van der Waals surface area contributed by atoms with Gasteiger partial charge in [0.05, 0.1) is 11.1 Å². The molecule has 2 heterocycles. The molecule has 8 heteroatoms. The second-order valence-corrected chi connectivity index (χ2v) is 8.82. The SMILES string of the molecule is COCCCN1C(=O)c2ccc(C(=O)N3CCN(C(=O)C4CCCCC4)CC3)cc2C1=O. The number of amides is 4. The van der Waals surface area contributed by atoms with Gasteiger partial charge in [-0.15, -0.1) is 0 Å². The molecule has 1 aromatic rings. The molecule has 2 aliphatic heterocycles. The van der Waals surface area contributed by atoms with Crippen molar-refractivity contribution in [2.24, 2.45) is 5.92 Å². The Labute approximate surface area is 188 Å².